The number of nitrogens with one attached hydrogen (secondary N) is 1. The average molecular weight is 413 g/mol. The SMILES string of the molecule is COc1ccc(C(=O)C2C(=O)C(=O)N(CCC[NH+](C)C)C2c2ccc(F)cc2)cc1. The Bertz CT molecular complexity index is 925. The number of carbonyl (C=O) groups is 3. The van der Waals surface area contributed by atoms with Gasteiger partial charge in [-0.05, 0) is 42.0 Å². The van der Waals surface area contributed by atoms with Gasteiger partial charge in [0.15, 0.2) is 5.78 Å². The fourth-order valence-corrected chi connectivity index (χ4v) is 3.80. The van der Waals surface area contributed by atoms with Crippen LogP contribution in [0.15, 0.2) is 48.5 Å². The summed E-state index contributed by atoms with van der Waals surface area (Å²) in [6.07, 6.45) is 0.683. The minimum Gasteiger partial charge on any atom is -0.497 e. The third-order valence-electron chi connectivity index (χ3n) is 5.35. The number of carbonyl (C=O) groups excluding carboxylic acids is 3. The number of likely N-dealkylation sites (tertiary alicyclic amines) is 1. The zero-order valence-electron chi connectivity index (χ0n) is 17.4. The molecule has 2 aromatic rings. The topological polar surface area (TPSA) is 68.1 Å². The number of quaternary nitrogens is 1. The minimum absolute atomic E-state index is 0.327. The number of ether oxygens (including phenoxy) is 1. The molecule has 0 aliphatic carbocycles. The molecule has 158 valence electrons. The van der Waals surface area contributed by atoms with Gasteiger partial charge in [-0.3, -0.25) is 14.4 Å². The van der Waals surface area contributed by atoms with E-state index < -0.39 is 35.3 Å². The van der Waals surface area contributed by atoms with Gasteiger partial charge in [0.2, 0.25) is 5.78 Å². The maximum absolute atomic E-state index is 13.5. The quantitative estimate of drug-likeness (QED) is 0.403. The maximum atomic E-state index is 13.5. The van der Waals surface area contributed by atoms with Gasteiger partial charge in [-0.15, -0.1) is 0 Å². The number of halogens is 1. The number of hydrogen-bond acceptors (Lipinski definition) is 4. The van der Waals surface area contributed by atoms with E-state index in [0.717, 1.165) is 6.54 Å². The molecule has 2 aromatic carbocycles. The first kappa shape index (κ1) is 21.6. The standard InChI is InChI=1S/C23H25FN2O4/c1-25(2)13-4-14-26-20(15-5-9-17(24)10-6-15)19(22(28)23(26)29)21(27)16-7-11-18(30-3)12-8-16/h5-12,19-20H,4,13-14H2,1-3H3/p+1. The first-order chi connectivity index (χ1) is 14.3. The Morgan fingerprint density at radius 3 is 2.27 bits per heavy atom. The predicted octanol–water partition coefficient (Wildman–Crippen LogP) is 1.32. The Morgan fingerprint density at radius 1 is 1.07 bits per heavy atom. The number of methoxy groups -OCH3 is 1. The van der Waals surface area contributed by atoms with E-state index in [2.05, 4.69) is 0 Å². The van der Waals surface area contributed by atoms with E-state index >= 15 is 0 Å². The molecule has 0 spiro atoms. The van der Waals surface area contributed by atoms with Gasteiger partial charge in [-0.2, -0.15) is 0 Å². The fraction of sp³-hybridized carbons (Fsp3) is 0.348. The Balaban J connectivity index is 1.97. The van der Waals surface area contributed by atoms with Crippen molar-refractivity contribution in [2.24, 2.45) is 5.92 Å². The van der Waals surface area contributed by atoms with Crippen LogP contribution in [0.25, 0.3) is 0 Å². The molecule has 1 aliphatic rings. The number of ketones is 2. The van der Waals surface area contributed by atoms with E-state index in [1.807, 2.05) is 14.1 Å². The first-order valence-corrected chi connectivity index (χ1v) is 9.91. The van der Waals surface area contributed by atoms with E-state index in [0.29, 0.717) is 29.8 Å². The number of nitrogens with zero attached hydrogens (tertiary/aromatic N) is 1. The van der Waals surface area contributed by atoms with E-state index in [1.54, 1.807) is 24.3 Å². The molecule has 2 unspecified atom stereocenters. The van der Waals surface area contributed by atoms with Gasteiger partial charge in [0, 0.05) is 18.5 Å². The second-order valence-corrected chi connectivity index (χ2v) is 7.74. The average Bonchev–Trinajstić information content (AvgIpc) is 2.98. The highest BCUT2D eigenvalue weighted by atomic mass is 19.1. The Morgan fingerprint density at radius 2 is 1.70 bits per heavy atom. The van der Waals surface area contributed by atoms with Crippen molar-refractivity contribution in [1.29, 1.82) is 0 Å². The van der Waals surface area contributed by atoms with E-state index in [9.17, 15) is 18.8 Å². The molecule has 0 aromatic heterocycles. The van der Waals surface area contributed by atoms with Gasteiger partial charge in [0.25, 0.3) is 5.91 Å². The van der Waals surface area contributed by atoms with Crippen LogP contribution < -0.4 is 9.64 Å². The summed E-state index contributed by atoms with van der Waals surface area (Å²) >= 11 is 0. The summed E-state index contributed by atoms with van der Waals surface area (Å²) in [6.45, 7) is 1.16. The maximum Gasteiger partial charge on any atom is 0.291 e. The van der Waals surface area contributed by atoms with Crippen LogP contribution >= 0.6 is 0 Å². The number of hydrogen-bond donors (Lipinski definition) is 1. The third kappa shape index (κ3) is 4.41. The normalized spacial score (nSPS) is 18.9. The molecule has 1 aliphatic heterocycles. The molecule has 1 amide bonds. The molecule has 1 fully saturated rings. The van der Waals surface area contributed by atoms with Gasteiger partial charge in [0.05, 0.1) is 33.8 Å². The molecule has 3 rings (SSSR count). The molecule has 0 bridgehead atoms. The van der Waals surface area contributed by atoms with Gasteiger partial charge >= 0.3 is 0 Å². The molecule has 7 heteroatoms. The van der Waals surface area contributed by atoms with Crippen LogP contribution in [0.5, 0.6) is 5.75 Å². The highest BCUT2D eigenvalue weighted by molar-refractivity contribution is 6.44. The van der Waals surface area contributed by atoms with Crippen molar-refractivity contribution < 1.29 is 28.4 Å². The van der Waals surface area contributed by atoms with Gasteiger partial charge < -0.3 is 14.5 Å². The summed E-state index contributed by atoms with van der Waals surface area (Å²) in [4.78, 5) is 41.6. The van der Waals surface area contributed by atoms with Gasteiger partial charge in [-0.25, -0.2) is 4.39 Å². The summed E-state index contributed by atoms with van der Waals surface area (Å²) in [6, 6.07) is 11.3. The van der Waals surface area contributed by atoms with Crippen LogP contribution in [0.1, 0.15) is 28.4 Å². The lowest BCUT2D eigenvalue weighted by atomic mass is 9.86. The van der Waals surface area contributed by atoms with Gasteiger partial charge in [0.1, 0.15) is 17.5 Å². The minimum atomic E-state index is -1.16. The fourth-order valence-electron chi connectivity index (χ4n) is 3.80. The molecule has 1 N–H and O–H groups in total. The van der Waals surface area contributed by atoms with E-state index in [1.165, 1.54) is 41.2 Å². The van der Waals surface area contributed by atoms with E-state index in [-0.39, 0.29) is 0 Å². The van der Waals surface area contributed by atoms with Crippen molar-refractivity contribution in [2.45, 2.75) is 12.5 Å². The second-order valence-electron chi connectivity index (χ2n) is 7.74. The number of benzene rings is 2. The largest absolute Gasteiger partial charge is 0.497 e. The zero-order chi connectivity index (χ0) is 21.8. The molecule has 30 heavy (non-hydrogen) atoms. The lowest BCUT2D eigenvalue weighted by molar-refractivity contribution is -0.858. The molecular weight excluding hydrogens is 387 g/mol. The highest BCUT2D eigenvalue weighted by Crippen LogP contribution is 2.38. The zero-order valence-corrected chi connectivity index (χ0v) is 17.4. The van der Waals surface area contributed by atoms with Crippen LogP contribution in [0.3, 0.4) is 0 Å². The van der Waals surface area contributed by atoms with E-state index in [4.69, 9.17) is 4.74 Å². The Hall–Kier alpha value is -3.06. The van der Waals surface area contributed by atoms with Crippen molar-refractivity contribution >= 4 is 17.5 Å². The Labute approximate surface area is 175 Å². The highest BCUT2D eigenvalue weighted by Gasteiger charge is 2.51. The van der Waals surface area contributed by atoms with Crippen LogP contribution in [0.4, 0.5) is 4.39 Å². The number of Topliss-reactive ketones (excluding diaryl/α,β-unsaturated/α-hetero) is 2. The van der Waals surface area contributed by atoms with Crippen molar-refractivity contribution in [2.75, 3.05) is 34.3 Å². The second kappa shape index (κ2) is 9.17. The summed E-state index contributed by atoms with van der Waals surface area (Å²) in [5.74, 6) is -2.81. The van der Waals surface area contributed by atoms with Crippen LogP contribution in [0.2, 0.25) is 0 Å². The number of amides is 1. The van der Waals surface area contributed by atoms with Crippen LogP contribution in [-0.2, 0) is 9.59 Å². The summed E-state index contributed by atoms with van der Waals surface area (Å²) in [7, 11) is 5.53. The molecule has 6 nitrogen and oxygen atoms in total. The molecule has 2 atom stereocenters. The monoisotopic (exact) mass is 413 g/mol. The van der Waals surface area contributed by atoms with Gasteiger partial charge in [-0.1, -0.05) is 12.1 Å². The summed E-state index contributed by atoms with van der Waals surface area (Å²) < 4.78 is 18.6. The molecule has 1 heterocycles. The molecule has 0 saturated carbocycles. The molecular formula is C23H26FN2O4+. The number of rotatable bonds is 8. The lowest BCUT2D eigenvalue weighted by Crippen LogP contribution is -3.05. The summed E-state index contributed by atoms with van der Waals surface area (Å²) in [5, 5.41) is 0. The van der Waals surface area contributed by atoms with Crippen LogP contribution in [-0.4, -0.2) is 56.7 Å². The van der Waals surface area contributed by atoms with Crippen molar-refractivity contribution in [3.8, 4) is 5.75 Å². The van der Waals surface area contributed by atoms with Crippen molar-refractivity contribution in [1.82, 2.24) is 4.90 Å². The van der Waals surface area contributed by atoms with Crippen LogP contribution in [0, 0.1) is 11.7 Å². The molecule has 1 saturated heterocycles. The predicted molar refractivity (Wildman–Crippen MR) is 109 cm³/mol. The lowest BCUT2D eigenvalue weighted by Gasteiger charge is -2.27. The Kier molecular flexibility index (Phi) is 6.62. The first-order valence-electron chi connectivity index (χ1n) is 9.91. The summed E-state index contributed by atoms with van der Waals surface area (Å²) in [5.41, 5.74) is 0.897. The van der Waals surface area contributed by atoms with Crippen molar-refractivity contribution in [3.05, 3.63) is 65.5 Å². The smallest absolute Gasteiger partial charge is 0.291 e. The van der Waals surface area contributed by atoms with Crippen molar-refractivity contribution in [3.63, 3.8) is 0 Å². The third-order valence-corrected chi connectivity index (χ3v) is 5.35. The molecule has 0 radical (unpaired) electrons.